The van der Waals surface area contributed by atoms with E-state index in [0.29, 0.717) is 12.0 Å². The molecule has 2 fully saturated rings. The van der Waals surface area contributed by atoms with Gasteiger partial charge in [0.15, 0.2) is 0 Å². The fourth-order valence-electron chi connectivity index (χ4n) is 4.20. The molecule has 0 aromatic heterocycles. The summed E-state index contributed by atoms with van der Waals surface area (Å²) in [4.78, 5) is 37.7. The first-order valence-electron chi connectivity index (χ1n) is 9.01. The zero-order valence-electron chi connectivity index (χ0n) is 14.5. The molecule has 3 unspecified atom stereocenters. The summed E-state index contributed by atoms with van der Waals surface area (Å²) in [5, 5.41) is 12.0. The van der Waals surface area contributed by atoms with Crippen molar-refractivity contribution < 1.29 is 23.9 Å². The number of carbonyl (C=O) groups excluding carboxylic acids is 2. The van der Waals surface area contributed by atoms with Crippen molar-refractivity contribution in [2.24, 2.45) is 5.92 Å². The highest BCUT2D eigenvalue weighted by Gasteiger charge is 2.47. The van der Waals surface area contributed by atoms with Gasteiger partial charge in [-0.2, -0.15) is 0 Å². The molecule has 2 N–H and O–H groups in total. The molecule has 7 heteroatoms. The molecule has 2 amide bonds. The molecule has 3 rings (SSSR count). The highest BCUT2D eigenvalue weighted by molar-refractivity contribution is 5.89. The molecule has 3 atom stereocenters. The van der Waals surface area contributed by atoms with Gasteiger partial charge in [0.2, 0.25) is 11.8 Å². The van der Waals surface area contributed by atoms with Crippen molar-refractivity contribution >= 4 is 17.8 Å². The summed E-state index contributed by atoms with van der Waals surface area (Å²) in [6.45, 7) is -0.235. The topological polar surface area (TPSA) is 86.7 Å². The van der Waals surface area contributed by atoms with Crippen LogP contribution in [0.1, 0.15) is 37.7 Å². The van der Waals surface area contributed by atoms with Crippen LogP contribution < -0.4 is 5.32 Å². The minimum Gasteiger partial charge on any atom is -0.480 e. The summed E-state index contributed by atoms with van der Waals surface area (Å²) in [5.74, 6) is -1.93. The van der Waals surface area contributed by atoms with Crippen LogP contribution in [0.4, 0.5) is 4.39 Å². The Kier molecular flexibility index (Phi) is 5.54. The maximum absolute atomic E-state index is 13.2. The van der Waals surface area contributed by atoms with E-state index in [0.717, 1.165) is 25.7 Å². The lowest BCUT2D eigenvalue weighted by Gasteiger charge is -2.33. The van der Waals surface area contributed by atoms with Crippen LogP contribution in [-0.4, -0.2) is 46.4 Å². The van der Waals surface area contributed by atoms with Crippen molar-refractivity contribution in [2.45, 2.75) is 50.6 Å². The minimum atomic E-state index is -0.987. The monoisotopic (exact) mass is 362 g/mol. The number of likely N-dealkylation sites (tertiary alicyclic amines) is 1. The highest BCUT2D eigenvalue weighted by Crippen LogP contribution is 2.39. The van der Waals surface area contributed by atoms with E-state index in [1.807, 2.05) is 0 Å². The van der Waals surface area contributed by atoms with Crippen LogP contribution >= 0.6 is 0 Å². The Hall–Kier alpha value is -2.44. The zero-order chi connectivity index (χ0) is 18.7. The van der Waals surface area contributed by atoms with Gasteiger partial charge in [0.25, 0.3) is 0 Å². The molecule has 0 bridgehead atoms. The lowest BCUT2D eigenvalue weighted by molar-refractivity contribution is -0.149. The van der Waals surface area contributed by atoms with E-state index < -0.39 is 23.7 Å². The number of rotatable bonds is 5. The Morgan fingerprint density at radius 2 is 2.00 bits per heavy atom. The fraction of sp³-hybridized carbons (Fsp3) is 0.526. The summed E-state index contributed by atoms with van der Waals surface area (Å²) in [6.07, 6.45) is 4.28. The quantitative estimate of drug-likeness (QED) is 0.835. The van der Waals surface area contributed by atoms with Crippen LogP contribution in [-0.2, 0) is 20.8 Å². The van der Waals surface area contributed by atoms with E-state index in [-0.39, 0.29) is 30.8 Å². The number of carboxylic acid groups (broad SMARTS) is 1. The summed E-state index contributed by atoms with van der Waals surface area (Å²) in [5.41, 5.74) is 0.520. The van der Waals surface area contributed by atoms with Crippen LogP contribution in [0.3, 0.4) is 0 Å². The molecule has 26 heavy (non-hydrogen) atoms. The van der Waals surface area contributed by atoms with Gasteiger partial charge < -0.3 is 15.3 Å². The Balaban J connectivity index is 1.59. The van der Waals surface area contributed by atoms with Crippen LogP contribution in [0.5, 0.6) is 0 Å². The predicted molar refractivity (Wildman–Crippen MR) is 91.7 cm³/mol. The van der Waals surface area contributed by atoms with Gasteiger partial charge in [0.1, 0.15) is 11.9 Å². The summed E-state index contributed by atoms with van der Waals surface area (Å²) >= 11 is 0. The normalized spacial score (nSPS) is 24.8. The van der Waals surface area contributed by atoms with Gasteiger partial charge in [-0.3, -0.25) is 9.59 Å². The molecule has 1 heterocycles. The van der Waals surface area contributed by atoms with Crippen molar-refractivity contribution in [1.29, 1.82) is 0 Å². The molecule has 1 aliphatic carbocycles. The van der Waals surface area contributed by atoms with E-state index in [1.54, 1.807) is 6.07 Å². The summed E-state index contributed by atoms with van der Waals surface area (Å²) < 4.78 is 13.2. The average molecular weight is 362 g/mol. The number of carbonyl (C=O) groups is 3. The first-order chi connectivity index (χ1) is 12.5. The summed E-state index contributed by atoms with van der Waals surface area (Å²) in [7, 11) is 0. The molecule has 0 spiro atoms. The molecule has 140 valence electrons. The van der Waals surface area contributed by atoms with Gasteiger partial charge in [-0.1, -0.05) is 25.0 Å². The lowest BCUT2D eigenvalue weighted by atomic mass is 9.85. The van der Waals surface area contributed by atoms with Crippen molar-refractivity contribution in [3.05, 3.63) is 35.6 Å². The third-order valence-corrected chi connectivity index (χ3v) is 5.35. The van der Waals surface area contributed by atoms with Gasteiger partial charge in [-0.05, 0) is 42.9 Å². The Morgan fingerprint density at radius 3 is 2.73 bits per heavy atom. The maximum Gasteiger partial charge on any atom is 0.326 e. The lowest BCUT2D eigenvalue weighted by Crippen LogP contribution is -2.50. The molecule has 1 aliphatic heterocycles. The van der Waals surface area contributed by atoms with Gasteiger partial charge >= 0.3 is 5.97 Å². The SMILES string of the molecule is O=C(Cc1cccc(F)c1)NCC(=O)N1C(C(=O)O)CC2CCCCC21. The second-order valence-corrected chi connectivity index (χ2v) is 7.09. The van der Waals surface area contributed by atoms with E-state index in [4.69, 9.17) is 0 Å². The number of hydrogen-bond acceptors (Lipinski definition) is 3. The number of nitrogens with zero attached hydrogens (tertiary/aromatic N) is 1. The molecule has 1 aromatic carbocycles. The van der Waals surface area contributed by atoms with E-state index in [1.165, 1.54) is 23.1 Å². The highest BCUT2D eigenvalue weighted by atomic mass is 19.1. The average Bonchev–Trinajstić information content (AvgIpc) is 2.99. The first kappa shape index (κ1) is 18.4. The Labute approximate surface area is 151 Å². The Morgan fingerprint density at radius 1 is 1.23 bits per heavy atom. The number of fused-ring (bicyclic) bond motifs is 1. The largest absolute Gasteiger partial charge is 0.480 e. The van der Waals surface area contributed by atoms with Crippen LogP contribution in [0.15, 0.2) is 24.3 Å². The summed E-state index contributed by atoms with van der Waals surface area (Å²) in [6, 6.07) is 4.87. The second kappa shape index (κ2) is 7.85. The maximum atomic E-state index is 13.2. The number of halogens is 1. The third-order valence-electron chi connectivity index (χ3n) is 5.35. The number of amides is 2. The second-order valence-electron chi connectivity index (χ2n) is 7.09. The van der Waals surface area contributed by atoms with Crippen molar-refractivity contribution in [3.63, 3.8) is 0 Å². The smallest absolute Gasteiger partial charge is 0.326 e. The first-order valence-corrected chi connectivity index (χ1v) is 9.01. The molecule has 6 nitrogen and oxygen atoms in total. The number of benzene rings is 1. The predicted octanol–water partition coefficient (Wildman–Crippen LogP) is 1.73. The van der Waals surface area contributed by atoms with E-state index in [9.17, 15) is 23.9 Å². The van der Waals surface area contributed by atoms with Crippen LogP contribution in [0.25, 0.3) is 0 Å². The van der Waals surface area contributed by atoms with Crippen LogP contribution in [0, 0.1) is 11.7 Å². The van der Waals surface area contributed by atoms with Gasteiger partial charge in [-0.25, -0.2) is 9.18 Å². The zero-order valence-corrected chi connectivity index (χ0v) is 14.5. The molecule has 2 aliphatic rings. The fourth-order valence-corrected chi connectivity index (χ4v) is 4.20. The van der Waals surface area contributed by atoms with Crippen molar-refractivity contribution in [1.82, 2.24) is 10.2 Å². The molecular weight excluding hydrogens is 339 g/mol. The number of aliphatic carboxylic acids is 1. The third kappa shape index (κ3) is 4.03. The van der Waals surface area contributed by atoms with Gasteiger partial charge in [-0.15, -0.1) is 0 Å². The van der Waals surface area contributed by atoms with Crippen molar-refractivity contribution in [3.8, 4) is 0 Å². The molecular formula is C19H23FN2O4. The molecule has 1 saturated heterocycles. The molecule has 1 saturated carbocycles. The standard InChI is InChI=1S/C19H23FN2O4/c20-14-6-3-4-12(8-14)9-17(23)21-11-18(24)22-15-7-2-1-5-13(15)10-16(22)19(25)26/h3-4,6,8,13,15-16H,1-2,5,7,9-11H2,(H,21,23)(H,25,26). The van der Waals surface area contributed by atoms with E-state index >= 15 is 0 Å². The van der Waals surface area contributed by atoms with E-state index in [2.05, 4.69) is 5.32 Å². The van der Waals surface area contributed by atoms with Gasteiger partial charge in [0, 0.05) is 6.04 Å². The molecule has 1 aromatic rings. The number of carboxylic acids is 1. The number of nitrogens with one attached hydrogen (secondary N) is 1. The van der Waals surface area contributed by atoms with Crippen molar-refractivity contribution in [2.75, 3.05) is 6.54 Å². The minimum absolute atomic E-state index is 0.0283. The van der Waals surface area contributed by atoms with Gasteiger partial charge in [0.05, 0.1) is 13.0 Å². The Bertz CT molecular complexity index is 709. The molecule has 0 radical (unpaired) electrons. The number of hydrogen-bond donors (Lipinski definition) is 2. The van der Waals surface area contributed by atoms with Crippen LogP contribution in [0.2, 0.25) is 0 Å².